The highest BCUT2D eigenvalue weighted by atomic mass is 16.7. The van der Waals surface area contributed by atoms with Crippen molar-refractivity contribution in [3.63, 3.8) is 0 Å². The molecule has 2 aliphatic heterocycles. The number of carbonyl (C=O) groups excluding carboxylic acids is 1. The average Bonchev–Trinajstić information content (AvgIpc) is 2.90. The largest absolute Gasteiger partial charge is 0.444 e. The van der Waals surface area contributed by atoms with Crippen LogP contribution in [0.2, 0.25) is 0 Å². The van der Waals surface area contributed by atoms with Gasteiger partial charge in [-0.1, -0.05) is 0 Å². The third kappa shape index (κ3) is 3.39. The maximum atomic E-state index is 12.3. The summed E-state index contributed by atoms with van der Waals surface area (Å²) in [6.07, 6.45) is 3.12. The van der Waals surface area contributed by atoms with E-state index < -0.39 is 11.4 Å². The van der Waals surface area contributed by atoms with Crippen LogP contribution in [-0.2, 0) is 18.9 Å². The molecule has 1 amide bonds. The molecule has 6 nitrogen and oxygen atoms in total. The topological polar surface area (TPSA) is 57.2 Å². The molecule has 0 unspecified atom stereocenters. The van der Waals surface area contributed by atoms with Crippen LogP contribution in [0.15, 0.2) is 0 Å². The summed E-state index contributed by atoms with van der Waals surface area (Å²) in [4.78, 5) is 14.1. The van der Waals surface area contributed by atoms with Crippen molar-refractivity contribution in [3.8, 4) is 0 Å². The molecule has 2 heterocycles. The first kappa shape index (κ1) is 16.0. The zero-order valence-corrected chi connectivity index (χ0v) is 13.9. The summed E-state index contributed by atoms with van der Waals surface area (Å²) in [5.74, 6) is -0.400. The standard InChI is InChI=1S/C16H27NO5/c1-14(2,3)22-13(18)17-8-9-19-15(12-17)4-6-16(7-5-15)20-10-11-21-16/h4-12H2,1-3H3. The van der Waals surface area contributed by atoms with Crippen molar-refractivity contribution in [1.82, 2.24) is 4.90 Å². The summed E-state index contributed by atoms with van der Waals surface area (Å²) in [6, 6.07) is 0. The molecule has 6 heteroatoms. The maximum absolute atomic E-state index is 12.3. The molecule has 0 atom stereocenters. The van der Waals surface area contributed by atoms with Crippen LogP contribution in [0.25, 0.3) is 0 Å². The van der Waals surface area contributed by atoms with Crippen molar-refractivity contribution in [3.05, 3.63) is 0 Å². The predicted octanol–water partition coefficient (Wildman–Crippen LogP) is 2.31. The van der Waals surface area contributed by atoms with E-state index in [0.29, 0.717) is 32.9 Å². The van der Waals surface area contributed by atoms with Crippen LogP contribution in [0.4, 0.5) is 4.79 Å². The molecule has 0 aromatic rings. The molecular weight excluding hydrogens is 286 g/mol. The number of amides is 1. The van der Waals surface area contributed by atoms with E-state index >= 15 is 0 Å². The first-order valence-electron chi connectivity index (χ1n) is 8.21. The molecule has 126 valence electrons. The minimum atomic E-state index is -0.468. The van der Waals surface area contributed by atoms with Gasteiger partial charge in [-0.2, -0.15) is 0 Å². The molecule has 3 aliphatic rings. The average molecular weight is 313 g/mol. The van der Waals surface area contributed by atoms with Crippen LogP contribution in [0.3, 0.4) is 0 Å². The second-order valence-electron chi connectivity index (χ2n) is 7.54. The van der Waals surface area contributed by atoms with Crippen molar-refractivity contribution in [2.45, 2.75) is 63.4 Å². The van der Waals surface area contributed by atoms with Gasteiger partial charge in [-0.3, -0.25) is 0 Å². The van der Waals surface area contributed by atoms with Gasteiger partial charge in [0, 0.05) is 19.4 Å². The number of hydrogen-bond acceptors (Lipinski definition) is 5. The van der Waals surface area contributed by atoms with Gasteiger partial charge in [-0.25, -0.2) is 4.79 Å². The highest BCUT2D eigenvalue weighted by Gasteiger charge is 2.49. The third-order valence-electron chi connectivity index (χ3n) is 4.64. The fourth-order valence-electron chi connectivity index (χ4n) is 3.50. The minimum absolute atomic E-state index is 0.246. The molecule has 0 radical (unpaired) electrons. The Kier molecular flexibility index (Phi) is 4.12. The lowest BCUT2D eigenvalue weighted by atomic mass is 9.80. The molecule has 3 rings (SSSR count). The third-order valence-corrected chi connectivity index (χ3v) is 4.64. The van der Waals surface area contributed by atoms with E-state index in [9.17, 15) is 4.79 Å². The molecule has 2 saturated heterocycles. The molecule has 0 aromatic carbocycles. The van der Waals surface area contributed by atoms with Gasteiger partial charge in [0.1, 0.15) is 5.60 Å². The van der Waals surface area contributed by atoms with Gasteiger partial charge in [0.2, 0.25) is 0 Å². The van der Waals surface area contributed by atoms with E-state index in [1.165, 1.54) is 0 Å². The molecule has 0 N–H and O–H groups in total. The lowest BCUT2D eigenvalue weighted by molar-refractivity contribution is -0.220. The summed E-state index contributed by atoms with van der Waals surface area (Å²) in [5.41, 5.74) is -0.736. The Morgan fingerprint density at radius 1 is 1.00 bits per heavy atom. The molecule has 1 saturated carbocycles. The normalized spacial score (nSPS) is 27.3. The van der Waals surface area contributed by atoms with Gasteiger partial charge >= 0.3 is 6.09 Å². The van der Waals surface area contributed by atoms with Crippen LogP contribution in [0.1, 0.15) is 46.5 Å². The fraction of sp³-hybridized carbons (Fsp3) is 0.938. The first-order valence-corrected chi connectivity index (χ1v) is 8.21. The highest BCUT2D eigenvalue weighted by Crippen LogP contribution is 2.43. The highest BCUT2D eigenvalue weighted by molar-refractivity contribution is 5.68. The van der Waals surface area contributed by atoms with Crippen LogP contribution < -0.4 is 0 Å². The van der Waals surface area contributed by atoms with Crippen LogP contribution in [0.5, 0.6) is 0 Å². The SMILES string of the molecule is CC(C)(C)OC(=O)N1CCOC2(CCC3(CC2)OCCO3)C1. The molecule has 1 aliphatic carbocycles. The van der Waals surface area contributed by atoms with E-state index in [2.05, 4.69) is 0 Å². The monoisotopic (exact) mass is 313 g/mol. The van der Waals surface area contributed by atoms with Gasteiger partial charge in [0.15, 0.2) is 5.79 Å². The van der Waals surface area contributed by atoms with Crippen molar-refractivity contribution in [2.24, 2.45) is 0 Å². The first-order chi connectivity index (χ1) is 10.3. The molecule has 2 spiro atoms. The number of hydrogen-bond donors (Lipinski definition) is 0. The molecule has 0 bridgehead atoms. The van der Waals surface area contributed by atoms with E-state index in [4.69, 9.17) is 18.9 Å². The van der Waals surface area contributed by atoms with Crippen molar-refractivity contribution < 1.29 is 23.7 Å². The number of carbonyl (C=O) groups is 1. The Morgan fingerprint density at radius 3 is 2.23 bits per heavy atom. The Hall–Kier alpha value is -0.850. The lowest BCUT2D eigenvalue weighted by Crippen LogP contribution is -2.57. The molecular formula is C16H27NO5. The Labute approximate surface area is 132 Å². The predicted molar refractivity (Wildman–Crippen MR) is 79.6 cm³/mol. The second-order valence-corrected chi connectivity index (χ2v) is 7.54. The lowest BCUT2D eigenvalue weighted by Gasteiger charge is -2.48. The summed E-state index contributed by atoms with van der Waals surface area (Å²) in [6.45, 7) is 8.78. The summed E-state index contributed by atoms with van der Waals surface area (Å²) in [7, 11) is 0. The van der Waals surface area contributed by atoms with Gasteiger partial charge < -0.3 is 23.8 Å². The van der Waals surface area contributed by atoms with Crippen LogP contribution in [-0.4, -0.2) is 60.9 Å². The number of morpholine rings is 1. The van der Waals surface area contributed by atoms with E-state index in [0.717, 1.165) is 25.7 Å². The zero-order valence-electron chi connectivity index (χ0n) is 13.9. The quantitative estimate of drug-likeness (QED) is 0.687. The zero-order chi connectivity index (χ0) is 15.8. The number of rotatable bonds is 0. The maximum Gasteiger partial charge on any atom is 0.410 e. The van der Waals surface area contributed by atoms with Gasteiger partial charge in [-0.05, 0) is 33.6 Å². The Bertz CT molecular complexity index is 415. The summed E-state index contributed by atoms with van der Waals surface area (Å²) < 4.78 is 23.1. The number of nitrogens with zero attached hydrogens (tertiary/aromatic N) is 1. The second kappa shape index (κ2) is 5.65. The van der Waals surface area contributed by atoms with Crippen LogP contribution in [0, 0.1) is 0 Å². The van der Waals surface area contributed by atoms with Crippen molar-refractivity contribution >= 4 is 6.09 Å². The van der Waals surface area contributed by atoms with Crippen molar-refractivity contribution in [2.75, 3.05) is 32.9 Å². The van der Waals surface area contributed by atoms with Gasteiger partial charge in [-0.15, -0.1) is 0 Å². The Morgan fingerprint density at radius 2 is 1.64 bits per heavy atom. The van der Waals surface area contributed by atoms with Crippen LogP contribution >= 0.6 is 0 Å². The smallest absolute Gasteiger partial charge is 0.410 e. The summed E-state index contributed by atoms with van der Waals surface area (Å²) in [5, 5.41) is 0. The molecule has 0 aromatic heterocycles. The van der Waals surface area contributed by atoms with E-state index in [1.54, 1.807) is 4.90 Å². The number of ether oxygens (including phenoxy) is 4. The molecule has 22 heavy (non-hydrogen) atoms. The van der Waals surface area contributed by atoms with E-state index in [-0.39, 0.29) is 11.7 Å². The fourth-order valence-corrected chi connectivity index (χ4v) is 3.50. The van der Waals surface area contributed by atoms with Crippen molar-refractivity contribution in [1.29, 1.82) is 0 Å². The minimum Gasteiger partial charge on any atom is -0.444 e. The van der Waals surface area contributed by atoms with Gasteiger partial charge in [0.05, 0.1) is 32.0 Å². The van der Waals surface area contributed by atoms with Gasteiger partial charge in [0.25, 0.3) is 0 Å². The Balaban J connectivity index is 1.60. The van der Waals surface area contributed by atoms with E-state index in [1.807, 2.05) is 20.8 Å². The summed E-state index contributed by atoms with van der Waals surface area (Å²) >= 11 is 0. The molecule has 3 fully saturated rings.